The summed E-state index contributed by atoms with van der Waals surface area (Å²) >= 11 is 0. The van der Waals surface area contributed by atoms with Crippen LogP contribution in [0.1, 0.15) is 11.4 Å². The first-order chi connectivity index (χ1) is 6.43. The Kier molecular flexibility index (Phi) is 2.36. The van der Waals surface area contributed by atoms with Gasteiger partial charge in [-0.3, -0.25) is 10.2 Å². The average Bonchev–Trinajstić information content (AvgIpc) is 2.31. The minimum absolute atomic E-state index is 0.0187. The molecule has 0 bridgehead atoms. The second kappa shape index (κ2) is 3.32. The van der Waals surface area contributed by atoms with Crippen LogP contribution < -0.4 is 10.6 Å². The number of hydrogen-bond acceptors (Lipinski definition) is 5. The fourth-order valence-electron chi connectivity index (χ4n) is 1.07. The van der Waals surface area contributed by atoms with Crippen LogP contribution in [-0.2, 0) is 0 Å². The van der Waals surface area contributed by atoms with E-state index in [0.717, 1.165) is 4.68 Å². The van der Waals surface area contributed by atoms with Crippen LogP contribution in [0.3, 0.4) is 0 Å². The van der Waals surface area contributed by atoms with E-state index in [1.165, 1.54) is 13.8 Å². The van der Waals surface area contributed by atoms with E-state index < -0.39 is 5.09 Å². The van der Waals surface area contributed by atoms with Crippen molar-refractivity contribution in [2.75, 3.05) is 0 Å². The lowest BCUT2D eigenvalue weighted by Crippen LogP contribution is -2.23. The van der Waals surface area contributed by atoms with E-state index in [9.17, 15) is 10.1 Å². The van der Waals surface area contributed by atoms with Crippen molar-refractivity contribution in [3.63, 3.8) is 0 Å². The van der Waals surface area contributed by atoms with Gasteiger partial charge in [0.15, 0.2) is 5.75 Å². The van der Waals surface area contributed by atoms with Crippen molar-refractivity contribution < 1.29 is 9.92 Å². The highest BCUT2D eigenvalue weighted by atomic mass is 17.0. The molecule has 3 N–H and O–H groups in total. The quantitative estimate of drug-likeness (QED) is 0.296. The molecule has 76 valence electrons. The molecule has 0 aliphatic heterocycles. The van der Waals surface area contributed by atoms with Crippen molar-refractivity contribution in [1.29, 1.82) is 5.41 Å². The summed E-state index contributed by atoms with van der Waals surface area (Å²) < 4.78 is 1.06. The van der Waals surface area contributed by atoms with Crippen LogP contribution in [0.2, 0.25) is 0 Å². The van der Waals surface area contributed by atoms with Gasteiger partial charge in [0.05, 0.1) is 11.4 Å². The van der Waals surface area contributed by atoms with Crippen LogP contribution in [0, 0.1) is 29.4 Å². The second-order valence-electron chi connectivity index (χ2n) is 2.61. The lowest BCUT2D eigenvalue weighted by molar-refractivity contribution is -0.711. The van der Waals surface area contributed by atoms with Crippen LogP contribution in [-0.4, -0.2) is 20.8 Å². The highest BCUT2D eigenvalue weighted by Gasteiger charge is 2.16. The molecule has 0 aliphatic carbocycles. The Labute approximate surface area is 78.9 Å². The van der Waals surface area contributed by atoms with E-state index in [1.807, 2.05) is 0 Å². The summed E-state index contributed by atoms with van der Waals surface area (Å²) in [5.41, 5.74) is 5.83. The Morgan fingerprint density at radius 2 is 2.29 bits per heavy atom. The van der Waals surface area contributed by atoms with Gasteiger partial charge in [0.25, 0.3) is 5.09 Å². The topological polar surface area (TPSA) is 120 Å². The van der Waals surface area contributed by atoms with E-state index in [1.54, 1.807) is 0 Å². The van der Waals surface area contributed by atoms with Gasteiger partial charge in [-0.25, -0.2) is 4.68 Å². The number of aryl methyl sites for hydroxylation is 1. The number of hydrogen-bond donors (Lipinski definition) is 2. The number of nitrogens with one attached hydrogen (secondary N) is 1. The molecule has 0 spiro atoms. The van der Waals surface area contributed by atoms with Gasteiger partial charge in [0.1, 0.15) is 0 Å². The van der Waals surface area contributed by atoms with E-state index in [4.69, 9.17) is 11.1 Å². The molecule has 0 aromatic carbocycles. The summed E-state index contributed by atoms with van der Waals surface area (Å²) in [6.45, 7) is 3.06. The van der Waals surface area contributed by atoms with Gasteiger partial charge < -0.3 is 5.73 Å². The van der Waals surface area contributed by atoms with Crippen molar-refractivity contribution in [2.45, 2.75) is 13.8 Å². The number of nitrogen functional groups attached to an aromatic ring is 1. The molecule has 14 heavy (non-hydrogen) atoms. The molecule has 1 aromatic rings. The van der Waals surface area contributed by atoms with Crippen molar-refractivity contribution in [2.24, 2.45) is 5.73 Å². The number of nitrogens with two attached hydrogens (primary N) is 1. The van der Waals surface area contributed by atoms with Crippen molar-refractivity contribution in [3.05, 3.63) is 21.5 Å². The zero-order chi connectivity index (χ0) is 10.9. The maximum absolute atomic E-state index is 10.1. The summed E-state index contributed by atoms with van der Waals surface area (Å²) in [5, 5.41) is 20.1. The maximum Gasteiger partial charge on any atom is 0.299 e. The van der Waals surface area contributed by atoms with Gasteiger partial charge in [0.2, 0.25) is 5.96 Å². The fourth-order valence-corrected chi connectivity index (χ4v) is 1.07. The number of rotatable bonds is 2. The largest absolute Gasteiger partial charge is 0.368 e. The summed E-state index contributed by atoms with van der Waals surface area (Å²) in [6, 6.07) is 0. The highest BCUT2D eigenvalue weighted by Crippen LogP contribution is 2.21. The molecular weight excluding hydrogens is 190 g/mol. The Morgan fingerprint density at radius 1 is 1.71 bits per heavy atom. The first-order valence-corrected chi connectivity index (χ1v) is 3.66. The third kappa shape index (κ3) is 1.63. The minimum Gasteiger partial charge on any atom is -0.368 e. The van der Waals surface area contributed by atoms with E-state index in [0.29, 0.717) is 11.4 Å². The predicted octanol–water partition coefficient (Wildman–Crippen LogP) is -0.188. The first-order valence-electron chi connectivity index (χ1n) is 3.66. The average molecular weight is 199 g/mol. The van der Waals surface area contributed by atoms with Crippen molar-refractivity contribution in [1.82, 2.24) is 9.78 Å². The summed E-state index contributed by atoms with van der Waals surface area (Å²) in [5.74, 6) is -0.297. The van der Waals surface area contributed by atoms with Gasteiger partial charge in [-0.15, -0.1) is 10.1 Å². The predicted molar refractivity (Wildman–Crippen MR) is 46.6 cm³/mol. The first kappa shape index (κ1) is 9.96. The molecule has 8 nitrogen and oxygen atoms in total. The number of nitrogens with zero attached hydrogens (tertiary/aromatic N) is 3. The van der Waals surface area contributed by atoms with Crippen LogP contribution in [0.15, 0.2) is 0 Å². The Hall–Kier alpha value is -2.12. The normalized spacial score (nSPS) is 9.86. The van der Waals surface area contributed by atoms with E-state index in [-0.39, 0.29) is 11.7 Å². The van der Waals surface area contributed by atoms with Gasteiger partial charge in [-0.1, -0.05) is 0 Å². The summed E-state index contributed by atoms with van der Waals surface area (Å²) in [4.78, 5) is 14.4. The molecule has 0 saturated heterocycles. The third-order valence-electron chi connectivity index (χ3n) is 1.62. The third-order valence-corrected chi connectivity index (χ3v) is 1.62. The van der Waals surface area contributed by atoms with Gasteiger partial charge in [-0.05, 0) is 13.8 Å². The summed E-state index contributed by atoms with van der Waals surface area (Å²) in [6.07, 6.45) is 0. The molecule has 8 heteroatoms. The van der Waals surface area contributed by atoms with Gasteiger partial charge in [0, 0.05) is 0 Å². The molecule has 0 unspecified atom stereocenters. The van der Waals surface area contributed by atoms with Crippen LogP contribution in [0.4, 0.5) is 0 Å². The van der Waals surface area contributed by atoms with Crippen LogP contribution >= 0.6 is 0 Å². The molecule has 0 fully saturated rings. The standard InChI is InChI=1S/C6H9N5O3/c1-3-5(14-11(12)13)4(2)10(9-3)6(7)8/h1-2H3,(H3,7,8). The fraction of sp³-hybridized carbons (Fsp3) is 0.333. The smallest absolute Gasteiger partial charge is 0.299 e. The molecule has 0 aliphatic rings. The zero-order valence-corrected chi connectivity index (χ0v) is 7.64. The lowest BCUT2D eigenvalue weighted by Gasteiger charge is -2.00. The minimum atomic E-state index is -0.929. The SMILES string of the molecule is Cc1nn(C(=N)N)c(C)c1O[N+](=O)[O-]. The van der Waals surface area contributed by atoms with Crippen LogP contribution in [0.5, 0.6) is 5.75 Å². The van der Waals surface area contributed by atoms with Crippen LogP contribution in [0.25, 0.3) is 0 Å². The van der Waals surface area contributed by atoms with E-state index >= 15 is 0 Å². The molecule has 1 heterocycles. The maximum atomic E-state index is 10.1. The molecular formula is C6H9N5O3. The molecule has 0 atom stereocenters. The van der Waals surface area contributed by atoms with Crippen molar-refractivity contribution >= 4 is 5.96 Å². The Morgan fingerprint density at radius 3 is 2.64 bits per heavy atom. The summed E-state index contributed by atoms with van der Waals surface area (Å²) in [7, 11) is 0. The molecule has 1 aromatic heterocycles. The van der Waals surface area contributed by atoms with Crippen molar-refractivity contribution in [3.8, 4) is 5.75 Å². The highest BCUT2D eigenvalue weighted by molar-refractivity contribution is 5.77. The Balaban J connectivity index is 3.17. The zero-order valence-electron chi connectivity index (χ0n) is 7.64. The molecule has 1 rings (SSSR count). The monoisotopic (exact) mass is 199 g/mol. The van der Waals surface area contributed by atoms with Gasteiger partial charge in [-0.2, -0.15) is 5.10 Å². The second-order valence-corrected chi connectivity index (χ2v) is 2.61. The number of aromatic nitrogens is 2. The molecule has 0 radical (unpaired) electrons. The Bertz CT molecular complexity index is 396. The van der Waals surface area contributed by atoms with Gasteiger partial charge >= 0.3 is 0 Å². The lowest BCUT2D eigenvalue weighted by atomic mass is 10.3. The van der Waals surface area contributed by atoms with E-state index in [2.05, 4.69) is 9.94 Å². The molecule has 0 saturated carbocycles. The molecule has 0 amide bonds.